The number of aromatic nitrogens is 3. The Labute approximate surface area is 213 Å². The largest absolute Gasteiger partial charge is 0.324 e. The van der Waals surface area contributed by atoms with Gasteiger partial charge in [-0.15, -0.1) is 5.10 Å². The van der Waals surface area contributed by atoms with Crippen LogP contribution in [0.15, 0.2) is 72.8 Å². The minimum Gasteiger partial charge on any atom is -0.324 e. The van der Waals surface area contributed by atoms with Gasteiger partial charge in [-0.1, -0.05) is 47.5 Å². The second kappa shape index (κ2) is 9.40. The third-order valence-electron chi connectivity index (χ3n) is 5.46. The van der Waals surface area contributed by atoms with Gasteiger partial charge in [-0.3, -0.25) is 20.2 Å². The Morgan fingerprint density at radius 2 is 1.81 bits per heavy atom. The number of anilines is 2. The molecule has 180 valence electrons. The lowest BCUT2D eigenvalue weighted by Gasteiger charge is -2.24. The van der Waals surface area contributed by atoms with E-state index in [1.165, 1.54) is 24.3 Å². The summed E-state index contributed by atoms with van der Waals surface area (Å²) in [6.07, 6.45) is 1.90. The summed E-state index contributed by atoms with van der Waals surface area (Å²) in [6.45, 7) is 0. The molecule has 0 spiro atoms. The lowest BCUT2D eigenvalue weighted by atomic mass is 10.0. The molecule has 0 aliphatic carbocycles. The van der Waals surface area contributed by atoms with Gasteiger partial charge in [0.1, 0.15) is 16.9 Å². The smallest absolute Gasteiger partial charge is 0.288 e. The maximum absolute atomic E-state index is 13.6. The number of amides is 1. The van der Waals surface area contributed by atoms with Gasteiger partial charge in [-0.25, -0.2) is 9.07 Å². The van der Waals surface area contributed by atoms with E-state index in [0.29, 0.717) is 16.7 Å². The van der Waals surface area contributed by atoms with Crippen molar-refractivity contribution in [2.24, 2.45) is 0 Å². The number of allylic oxidation sites excluding steroid dienone is 1. The Morgan fingerprint density at radius 3 is 2.50 bits per heavy atom. The minimum atomic E-state index is -0.673. The number of hydrogen-bond acceptors (Lipinski definition) is 6. The van der Waals surface area contributed by atoms with Crippen LogP contribution < -0.4 is 10.6 Å². The van der Waals surface area contributed by atoms with Gasteiger partial charge in [0.25, 0.3) is 17.5 Å². The summed E-state index contributed by atoms with van der Waals surface area (Å²) >= 11 is 11.9. The fourth-order valence-electron chi connectivity index (χ4n) is 3.71. The highest BCUT2D eigenvalue weighted by Gasteiger charge is 2.26. The van der Waals surface area contributed by atoms with Gasteiger partial charge in [0.05, 0.1) is 4.92 Å². The third-order valence-corrected chi connectivity index (χ3v) is 6.03. The zero-order chi connectivity index (χ0) is 25.4. The molecule has 0 saturated carbocycles. The first-order valence-corrected chi connectivity index (χ1v) is 11.3. The Balaban J connectivity index is 1.49. The van der Waals surface area contributed by atoms with Crippen LogP contribution >= 0.6 is 23.2 Å². The average Bonchev–Trinajstić information content (AvgIpc) is 3.26. The van der Waals surface area contributed by atoms with Crippen LogP contribution in [0.25, 0.3) is 5.70 Å². The SMILES string of the molecule is O=C(Nc1nc2n(n1)[C@@H](c1ccc(F)cc1)C=C(c1ccc(Cl)cc1)N2)c1ccc(Cl)c([N+](=O)[O-])c1. The van der Waals surface area contributed by atoms with Gasteiger partial charge >= 0.3 is 0 Å². The van der Waals surface area contributed by atoms with Crippen molar-refractivity contribution in [1.82, 2.24) is 14.8 Å². The van der Waals surface area contributed by atoms with Crippen molar-refractivity contribution in [3.63, 3.8) is 0 Å². The molecule has 1 amide bonds. The van der Waals surface area contributed by atoms with Crippen molar-refractivity contribution in [2.45, 2.75) is 6.04 Å². The lowest BCUT2D eigenvalue weighted by Crippen LogP contribution is -2.20. The number of carbonyl (C=O) groups is 1. The first kappa shape index (κ1) is 23.5. The Morgan fingerprint density at radius 1 is 1.08 bits per heavy atom. The molecule has 3 aromatic carbocycles. The molecule has 0 radical (unpaired) electrons. The van der Waals surface area contributed by atoms with Crippen molar-refractivity contribution in [3.05, 3.63) is 115 Å². The van der Waals surface area contributed by atoms with Gasteiger partial charge in [0.2, 0.25) is 5.95 Å². The summed E-state index contributed by atoms with van der Waals surface area (Å²) in [5.41, 5.74) is 1.91. The van der Waals surface area contributed by atoms with E-state index in [9.17, 15) is 19.3 Å². The molecule has 2 N–H and O–H groups in total. The van der Waals surface area contributed by atoms with E-state index < -0.39 is 22.6 Å². The highest BCUT2D eigenvalue weighted by atomic mass is 35.5. The molecular formula is C24H15Cl2FN6O3. The summed E-state index contributed by atoms with van der Waals surface area (Å²) in [6, 6.07) is 16.4. The fraction of sp³-hybridized carbons (Fsp3) is 0.0417. The zero-order valence-electron chi connectivity index (χ0n) is 18.2. The van der Waals surface area contributed by atoms with Gasteiger partial charge in [-0.05, 0) is 53.6 Å². The van der Waals surface area contributed by atoms with Gasteiger partial charge in [0.15, 0.2) is 0 Å². The second-order valence-corrected chi connectivity index (χ2v) is 8.63. The predicted molar refractivity (Wildman–Crippen MR) is 134 cm³/mol. The standard InChI is InChI=1S/C24H15Cl2FN6O3/c25-16-6-1-13(2-7-16)19-12-20(14-3-8-17(27)9-4-14)32-24(28-19)30-23(31-32)29-22(34)15-5-10-18(26)21(11-15)33(35)36/h1-12,20H,(H2,28,29,30,31,34)/t20-/m1/s1. The van der Waals surface area contributed by atoms with Crippen molar-refractivity contribution < 1.29 is 14.1 Å². The molecule has 1 aromatic heterocycles. The van der Waals surface area contributed by atoms with Crippen LogP contribution in [0.3, 0.4) is 0 Å². The van der Waals surface area contributed by atoms with Crippen LogP contribution in [0, 0.1) is 15.9 Å². The number of fused-ring (bicyclic) bond motifs is 1. The van der Waals surface area contributed by atoms with Crippen LogP contribution in [-0.2, 0) is 0 Å². The van der Waals surface area contributed by atoms with E-state index in [2.05, 4.69) is 20.7 Å². The number of nitrogens with zero attached hydrogens (tertiary/aromatic N) is 4. The van der Waals surface area contributed by atoms with Crippen molar-refractivity contribution in [3.8, 4) is 0 Å². The molecule has 9 nitrogen and oxygen atoms in total. The van der Waals surface area contributed by atoms with Gasteiger partial charge in [0, 0.05) is 22.3 Å². The summed E-state index contributed by atoms with van der Waals surface area (Å²) in [4.78, 5) is 27.6. The number of nitro groups is 1. The number of halogens is 3. The summed E-state index contributed by atoms with van der Waals surface area (Å²) in [7, 11) is 0. The van der Waals surface area contributed by atoms with Gasteiger partial charge in [-0.2, -0.15) is 4.98 Å². The van der Waals surface area contributed by atoms with Crippen molar-refractivity contribution in [2.75, 3.05) is 10.6 Å². The summed E-state index contributed by atoms with van der Waals surface area (Å²) in [5.74, 6) is -0.729. The molecule has 1 atom stereocenters. The van der Waals surface area contributed by atoms with E-state index >= 15 is 0 Å². The van der Waals surface area contributed by atoms with Crippen LogP contribution in [-0.4, -0.2) is 25.6 Å². The van der Waals surface area contributed by atoms with Gasteiger partial charge < -0.3 is 5.32 Å². The molecule has 12 heteroatoms. The topological polar surface area (TPSA) is 115 Å². The molecule has 36 heavy (non-hydrogen) atoms. The Bertz CT molecular complexity index is 1520. The van der Waals surface area contributed by atoms with Crippen LogP contribution in [0.2, 0.25) is 10.0 Å². The quantitative estimate of drug-likeness (QED) is 0.246. The highest BCUT2D eigenvalue weighted by molar-refractivity contribution is 6.32. The minimum absolute atomic E-state index is 0.0156. The second-order valence-electron chi connectivity index (χ2n) is 7.79. The normalized spacial score (nSPS) is 14.4. The Hall–Kier alpha value is -4.28. The molecule has 1 aliphatic heterocycles. The average molecular weight is 525 g/mol. The van der Waals surface area contributed by atoms with Crippen LogP contribution in [0.4, 0.5) is 22.0 Å². The predicted octanol–water partition coefficient (Wildman–Crippen LogP) is 5.94. The Kier molecular flexibility index (Phi) is 6.13. The maximum atomic E-state index is 13.6. The molecule has 0 unspecified atom stereocenters. The van der Waals surface area contributed by atoms with Crippen LogP contribution in [0.5, 0.6) is 0 Å². The molecule has 1 aliphatic rings. The summed E-state index contributed by atoms with van der Waals surface area (Å²) < 4.78 is 15.1. The zero-order valence-corrected chi connectivity index (χ0v) is 19.7. The summed E-state index contributed by atoms with van der Waals surface area (Å²) in [5, 5.41) is 21.8. The lowest BCUT2D eigenvalue weighted by molar-refractivity contribution is -0.384. The molecule has 4 aromatic rings. The van der Waals surface area contributed by atoms with E-state index in [1.54, 1.807) is 28.9 Å². The van der Waals surface area contributed by atoms with E-state index in [4.69, 9.17) is 23.2 Å². The molecule has 2 heterocycles. The molecular weight excluding hydrogens is 510 g/mol. The number of rotatable bonds is 5. The molecule has 0 fully saturated rings. The van der Waals surface area contributed by atoms with E-state index in [1.807, 2.05) is 18.2 Å². The van der Waals surface area contributed by atoms with E-state index in [0.717, 1.165) is 17.2 Å². The highest BCUT2D eigenvalue weighted by Crippen LogP contribution is 2.34. The number of benzene rings is 3. The van der Waals surface area contributed by atoms with Crippen LogP contribution in [0.1, 0.15) is 27.5 Å². The van der Waals surface area contributed by atoms with Crippen molar-refractivity contribution >= 4 is 52.4 Å². The molecule has 0 bridgehead atoms. The first-order chi connectivity index (χ1) is 17.3. The van der Waals surface area contributed by atoms with E-state index in [-0.39, 0.29) is 22.4 Å². The molecule has 0 saturated heterocycles. The number of nitrogens with one attached hydrogen (secondary N) is 2. The monoisotopic (exact) mass is 524 g/mol. The first-order valence-electron chi connectivity index (χ1n) is 10.5. The molecule has 5 rings (SSSR count). The number of hydrogen-bond donors (Lipinski definition) is 2. The fourth-order valence-corrected chi connectivity index (χ4v) is 4.02. The maximum Gasteiger partial charge on any atom is 0.288 e. The third kappa shape index (κ3) is 4.64. The number of nitro benzene ring substituents is 1. The number of carbonyl (C=O) groups excluding carboxylic acids is 1. The van der Waals surface area contributed by atoms with Crippen molar-refractivity contribution in [1.29, 1.82) is 0 Å².